The van der Waals surface area contributed by atoms with Crippen LogP contribution in [0.25, 0.3) is 0 Å². The minimum atomic E-state index is -3.31. The van der Waals surface area contributed by atoms with Crippen LogP contribution in [0, 0.1) is 0 Å². The summed E-state index contributed by atoms with van der Waals surface area (Å²) in [5.74, 6) is 1.80. The number of halogens is 1. The average molecular weight is 384 g/mol. The molecule has 1 aliphatic carbocycles. The number of aromatic nitrogens is 1. The molecule has 2 aromatic rings. The van der Waals surface area contributed by atoms with Gasteiger partial charge in [-0.2, -0.15) is 0 Å². The molecule has 1 heterocycles. The van der Waals surface area contributed by atoms with Gasteiger partial charge in [0.15, 0.2) is 14.9 Å². The smallest absolute Gasteiger partial charge is 0.192 e. The standard InChI is InChI=1S/C15H14BrNO4S/c1-22(18,19)15-5-4-12(9-17-15)21-14-7-10(16)6-13(8-14)20-11-2-3-11/h4-9,11H,2-3H2,1H3. The van der Waals surface area contributed by atoms with E-state index >= 15 is 0 Å². The Hall–Kier alpha value is -1.60. The SMILES string of the molecule is CS(=O)(=O)c1ccc(Oc2cc(Br)cc(OC3CC3)c2)cn1. The van der Waals surface area contributed by atoms with Crippen LogP contribution in [0.5, 0.6) is 17.2 Å². The number of hydrogen-bond donors (Lipinski definition) is 0. The van der Waals surface area contributed by atoms with E-state index < -0.39 is 9.84 Å². The maximum atomic E-state index is 11.4. The molecule has 1 aliphatic rings. The van der Waals surface area contributed by atoms with Crippen molar-refractivity contribution >= 4 is 25.8 Å². The molecule has 5 nitrogen and oxygen atoms in total. The van der Waals surface area contributed by atoms with Crippen LogP contribution < -0.4 is 9.47 Å². The Morgan fingerprint density at radius 1 is 1.14 bits per heavy atom. The van der Waals surface area contributed by atoms with Crippen molar-refractivity contribution in [2.45, 2.75) is 24.0 Å². The first-order valence-corrected chi connectivity index (χ1v) is 9.40. The summed E-state index contributed by atoms with van der Waals surface area (Å²) in [5.41, 5.74) is 0. The van der Waals surface area contributed by atoms with E-state index in [2.05, 4.69) is 20.9 Å². The molecule has 0 spiro atoms. The molecule has 1 aromatic heterocycles. The van der Waals surface area contributed by atoms with Crippen molar-refractivity contribution in [3.05, 3.63) is 41.0 Å². The van der Waals surface area contributed by atoms with Crippen molar-refractivity contribution < 1.29 is 17.9 Å². The molecule has 0 unspecified atom stereocenters. The van der Waals surface area contributed by atoms with Gasteiger partial charge in [-0.25, -0.2) is 13.4 Å². The van der Waals surface area contributed by atoms with Gasteiger partial charge >= 0.3 is 0 Å². The Labute approximate surface area is 137 Å². The van der Waals surface area contributed by atoms with E-state index in [9.17, 15) is 8.42 Å². The fraction of sp³-hybridized carbons (Fsp3) is 0.267. The Kier molecular flexibility index (Phi) is 4.10. The van der Waals surface area contributed by atoms with E-state index in [-0.39, 0.29) is 5.03 Å². The molecule has 3 rings (SSSR count). The van der Waals surface area contributed by atoms with Crippen LogP contribution in [0.2, 0.25) is 0 Å². The predicted molar refractivity (Wildman–Crippen MR) is 85.2 cm³/mol. The summed E-state index contributed by atoms with van der Waals surface area (Å²) in [7, 11) is -3.31. The zero-order valence-corrected chi connectivity index (χ0v) is 14.2. The van der Waals surface area contributed by atoms with Crippen LogP contribution in [0.3, 0.4) is 0 Å². The van der Waals surface area contributed by atoms with Gasteiger partial charge in [-0.3, -0.25) is 0 Å². The third-order valence-electron chi connectivity index (χ3n) is 3.00. The first-order valence-electron chi connectivity index (χ1n) is 6.71. The van der Waals surface area contributed by atoms with Gasteiger partial charge in [0.05, 0.1) is 12.3 Å². The topological polar surface area (TPSA) is 65.5 Å². The third kappa shape index (κ3) is 3.98. The van der Waals surface area contributed by atoms with E-state index in [1.165, 1.54) is 12.3 Å². The number of pyridine rings is 1. The first kappa shape index (κ1) is 15.3. The van der Waals surface area contributed by atoms with E-state index in [0.717, 1.165) is 29.3 Å². The quantitative estimate of drug-likeness (QED) is 0.789. The molecule has 0 radical (unpaired) electrons. The van der Waals surface area contributed by atoms with Crippen LogP contribution in [-0.4, -0.2) is 25.8 Å². The summed E-state index contributed by atoms with van der Waals surface area (Å²) in [6.45, 7) is 0. The summed E-state index contributed by atoms with van der Waals surface area (Å²) >= 11 is 3.42. The third-order valence-corrected chi connectivity index (χ3v) is 4.46. The van der Waals surface area contributed by atoms with Crippen LogP contribution in [0.1, 0.15) is 12.8 Å². The second-order valence-corrected chi connectivity index (χ2v) is 8.02. The molecule has 1 fully saturated rings. The Morgan fingerprint density at radius 2 is 1.86 bits per heavy atom. The number of nitrogens with zero attached hydrogens (tertiary/aromatic N) is 1. The van der Waals surface area contributed by atoms with Crippen LogP contribution in [0.4, 0.5) is 0 Å². The van der Waals surface area contributed by atoms with E-state index in [0.29, 0.717) is 17.6 Å². The van der Waals surface area contributed by atoms with Crippen molar-refractivity contribution in [1.82, 2.24) is 4.98 Å². The van der Waals surface area contributed by atoms with Crippen molar-refractivity contribution in [2.75, 3.05) is 6.26 Å². The number of sulfone groups is 1. The second kappa shape index (κ2) is 5.89. The minimum absolute atomic E-state index is 0.0202. The van der Waals surface area contributed by atoms with Crippen molar-refractivity contribution in [3.8, 4) is 17.2 Å². The summed E-state index contributed by atoms with van der Waals surface area (Å²) in [4.78, 5) is 3.89. The highest BCUT2D eigenvalue weighted by molar-refractivity contribution is 9.10. The molecule has 1 saturated carbocycles. The Balaban J connectivity index is 1.78. The van der Waals surface area contributed by atoms with Crippen LogP contribution in [0.15, 0.2) is 46.0 Å². The highest BCUT2D eigenvalue weighted by Crippen LogP contribution is 2.33. The molecule has 7 heteroatoms. The molecule has 0 aliphatic heterocycles. The van der Waals surface area contributed by atoms with E-state index in [4.69, 9.17) is 9.47 Å². The molecule has 0 amide bonds. The van der Waals surface area contributed by atoms with Crippen molar-refractivity contribution in [2.24, 2.45) is 0 Å². The van der Waals surface area contributed by atoms with Gasteiger partial charge in [0.25, 0.3) is 0 Å². The summed E-state index contributed by atoms with van der Waals surface area (Å²) in [6.07, 6.45) is 4.97. The van der Waals surface area contributed by atoms with Gasteiger partial charge in [0, 0.05) is 16.8 Å². The van der Waals surface area contributed by atoms with Crippen molar-refractivity contribution in [3.63, 3.8) is 0 Å². The monoisotopic (exact) mass is 383 g/mol. The van der Waals surface area contributed by atoms with E-state index in [1.54, 1.807) is 12.1 Å². The highest BCUT2D eigenvalue weighted by Gasteiger charge is 2.23. The van der Waals surface area contributed by atoms with Gasteiger partial charge in [-0.1, -0.05) is 15.9 Å². The molecular formula is C15H14BrNO4S. The van der Waals surface area contributed by atoms with Gasteiger partial charge in [-0.05, 0) is 37.1 Å². The first-order chi connectivity index (χ1) is 10.4. The fourth-order valence-corrected chi connectivity index (χ4v) is 2.84. The highest BCUT2D eigenvalue weighted by atomic mass is 79.9. The molecule has 116 valence electrons. The normalized spacial score (nSPS) is 14.6. The average Bonchev–Trinajstić information content (AvgIpc) is 3.21. The molecule has 0 saturated heterocycles. The molecular weight excluding hydrogens is 370 g/mol. The zero-order valence-electron chi connectivity index (χ0n) is 11.8. The number of benzene rings is 1. The van der Waals surface area contributed by atoms with Crippen LogP contribution in [-0.2, 0) is 9.84 Å². The summed E-state index contributed by atoms with van der Waals surface area (Å²) in [5, 5.41) is 0.0202. The van der Waals surface area contributed by atoms with E-state index in [1.807, 2.05) is 12.1 Å². The number of hydrogen-bond acceptors (Lipinski definition) is 5. The Morgan fingerprint density at radius 3 is 2.45 bits per heavy atom. The molecule has 0 N–H and O–H groups in total. The van der Waals surface area contributed by atoms with Crippen LogP contribution >= 0.6 is 15.9 Å². The summed E-state index contributed by atoms with van der Waals surface area (Å²) in [6, 6.07) is 8.49. The second-order valence-electron chi connectivity index (χ2n) is 5.15. The molecule has 0 atom stereocenters. The molecule has 1 aromatic carbocycles. The molecule has 22 heavy (non-hydrogen) atoms. The minimum Gasteiger partial charge on any atom is -0.490 e. The lowest BCUT2D eigenvalue weighted by atomic mass is 10.3. The maximum Gasteiger partial charge on any atom is 0.192 e. The maximum absolute atomic E-state index is 11.4. The lowest BCUT2D eigenvalue weighted by molar-refractivity contribution is 0.301. The number of rotatable bonds is 5. The van der Waals surface area contributed by atoms with Crippen molar-refractivity contribution in [1.29, 1.82) is 0 Å². The lowest BCUT2D eigenvalue weighted by Gasteiger charge is -2.10. The van der Waals surface area contributed by atoms with Gasteiger partial charge in [0.2, 0.25) is 0 Å². The van der Waals surface area contributed by atoms with Gasteiger partial charge in [0.1, 0.15) is 17.2 Å². The predicted octanol–water partition coefficient (Wildman–Crippen LogP) is 3.58. The van der Waals surface area contributed by atoms with Gasteiger partial charge < -0.3 is 9.47 Å². The fourth-order valence-electron chi connectivity index (χ4n) is 1.82. The lowest BCUT2D eigenvalue weighted by Crippen LogP contribution is -2.00. The summed E-state index contributed by atoms with van der Waals surface area (Å²) < 4.78 is 35.0. The number of ether oxygens (including phenoxy) is 2. The Bertz CT molecular complexity index is 786. The van der Waals surface area contributed by atoms with Gasteiger partial charge in [-0.15, -0.1) is 0 Å². The largest absolute Gasteiger partial charge is 0.490 e. The zero-order chi connectivity index (χ0) is 15.7. The molecule has 0 bridgehead atoms.